The Labute approximate surface area is 123 Å². The van der Waals surface area contributed by atoms with E-state index >= 15 is 0 Å². The van der Waals surface area contributed by atoms with Crippen molar-refractivity contribution < 1.29 is 8.42 Å². The predicted molar refractivity (Wildman–Crippen MR) is 78.9 cm³/mol. The van der Waals surface area contributed by atoms with Crippen LogP contribution in [0.5, 0.6) is 0 Å². The summed E-state index contributed by atoms with van der Waals surface area (Å²) >= 11 is 5.96. The second-order valence-corrected chi connectivity index (χ2v) is 6.61. The Morgan fingerprint density at radius 1 is 1.30 bits per heavy atom. The summed E-state index contributed by atoms with van der Waals surface area (Å²) in [5, 5.41) is 0.469. The molecule has 0 aliphatic carbocycles. The van der Waals surface area contributed by atoms with Gasteiger partial charge in [-0.3, -0.25) is 0 Å². The molecule has 5 nitrogen and oxygen atoms in total. The molecule has 0 unspecified atom stereocenters. The van der Waals surface area contributed by atoms with Gasteiger partial charge in [0.25, 0.3) is 0 Å². The van der Waals surface area contributed by atoms with Crippen molar-refractivity contribution in [3.63, 3.8) is 0 Å². The molecule has 2 rings (SSSR count). The van der Waals surface area contributed by atoms with Crippen molar-refractivity contribution >= 4 is 21.6 Å². The van der Waals surface area contributed by atoms with E-state index in [9.17, 15) is 8.42 Å². The number of aryl methyl sites for hydroxylation is 1. The number of benzene rings is 1. The minimum Gasteiger partial charge on any atom is -0.337 e. The van der Waals surface area contributed by atoms with Gasteiger partial charge in [-0.1, -0.05) is 29.8 Å². The Morgan fingerprint density at radius 2 is 2.10 bits per heavy atom. The minimum absolute atomic E-state index is 0.0995. The Bertz CT molecular complexity index is 641. The fraction of sp³-hybridized carbons (Fsp3) is 0.308. The molecule has 2 aromatic rings. The summed E-state index contributed by atoms with van der Waals surface area (Å²) in [6.45, 7) is 1.12. The monoisotopic (exact) mass is 313 g/mol. The van der Waals surface area contributed by atoms with Crippen LogP contribution in [0.4, 0.5) is 0 Å². The molecule has 20 heavy (non-hydrogen) atoms. The molecule has 1 N–H and O–H groups in total. The lowest BCUT2D eigenvalue weighted by Crippen LogP contribution is -2.26. The van der Waals surface area contributed by atoms with E-state index < -0.39 is 10.0 Å². The van der Waals surface area contributed by atoms with Crippen LogP contribution >= 0.6 is 11.6 Å². The lowest BCUT2D eigenvalue weighted by Gasteiger charge is -2.08. The molecule has 0 saturated heterocycles. The van der Waals surface area contributed by atoms with Crippen molar-refractivity contribution in [2.24, 2.45) is 0 Å². The number of nitrogens with zero attached hydrogens (tertiary/aromatic N) is 2. The molecule has 0 saturated carbocycles. The molecule has 0 spiro atoms. The summed E-state index contributed by atoms with van der Waals surface area (Å²) in [4.78, 5) is 3.92. The quantitative estimate of drug-likeness (QED) is 0.796. The molecule has 1 heterocycles. The fourth-order valence-electron chi connectivity index (χ4n) is 1.78. The van der Waals surface area contributed by atoms with E-state index in [1.165, 1.54) is 0 Å². The highest BCUT2D eigenvalue weighted by molar-refractivity contribution is 7.88. The topological polar surface area (TPSA) is 64.0 Å². The average molecular weight is 314 g/mol. The van der Waals surface area contributed by atoms with Gasteiger partial charge in [0.1, 0.15) is 0 Å². The number of halogens is 1. The number of aromatic nitrogens is 2. The number of hydrogen-bond donors (Lipinski definition) is 1. The van der Waals surface area contributed by atoms with Crippen LogP contribution in [0.1, 0.15) is 12.0 Å². The second kappa shape index (κ2) is 6.88. The zero-order valence-corrected chi connectivity index (χ0v) is 12.4. The van der Waals surface area contributed by atoms with Crippen molar-refractivity contribution in [2.45, 2.75) is 18.7 Å². The Morgan fingerprint density at radius 3 is 2.80 bits per heavy atom. The number of hydrogen-bond acceptors (Lipinski definition) is 3. The molecular weight excluding hydrogens is 298 g/mol. The number of nitrogens with one attached hydrogen (secondary N) is 1. The van der Waals surface area contributed by atoms with Crippen molar-refractivity contribution in [1.29, 1.82) is 0 Å². The molecule has 0 radical (unpaired) electrons. The Balaban J connectivity index is 1.81. The first-order chi connectivity index (χ1) is 9.57. The summed E-state index contributed by atoms with van der Waals surface area (Å²) in [5.41, 5.74) is 0.608. The van der Waals surface area contributed by atoms with Gasteiger partial charge >= 0.3 is 0 Å². The van der Waals surface area contributed by atoms with Gasteiger partial charge in [-0.05, 0) is 18.1 Å². The van der Waals surface area contributed by atoms with E-state index in [0.717, 1.165) is 6.54 Å². The maximum atomic E-state index is 11.9. The first-order valence-corrected chi connectivity index (χ1v) is 8.26. The van der Waals surface area contributed by atoms with Crippen molar-refractivity contribution in [1.82, 2.24) is 14.3 Å². The third-order valence-electron chi connectivity index (χ3n) is 2.78. The van der Waals surface area contributed by atoms with Gasteiger partial charge in [-0.15, -0.1) is 0 Å². The van der Waals surface area contributed by atoms with Crippen LogP contribution < -0.4 is 4.72 Å². The third-order valence-corrected chi connectivity index (χ3v) is 4.48. The summed E-state index contributed by atoms with van der Waals surface area (Å²) in [6, 6.07) is 6.95. The highest BCUT2D eigenvalue weighted by atomic mass is 35.5. The molecule has 0 bridgehead atoms. The molecular formula is C13H16ClN3O2S. The zero-order chi connectivity index (χ0) is 14.4. The summed E-state index contributed by atoms with van der Waals surface area (Å²) in [6.07, 6.45) is 5.95. The van der Waals surface area contributed by atoms with E-state index in [-0.39, 0.29) is 5.75 Å². The van der Waals surface area contributed by atoms with Crippen LogP contribution in [0.2, 0.25) is 5.02 Å². The first kappa shape index (κ1) is 15.0. The van der Waals surface area contributed by atoms with Crippen LogP contribution in [0.25, 0.3) is 0 Å². The van der Waals surface area contributed by atoms with Crippen LogP contribution in [0, 0.1) is 0 Å². The van der Waals surface area contributed by atoms with E-state index in [4.69, 9.17) is 11.6 Å². The van der Waals surface area contributed by atoms with E-state index in [2.05, 4.69) is 9.71 Å². The molecule has 1 aromatic carbocycles. The average Bonchev–Trinajstić information content (AvgIpc) is 2.90. The molecule has 0 atom stereocenters. The summed E-state index contributed by atoms with van der Waals surface area (Å²) in [7, 11) is -3.36. The molecule has 1 aromatic heterocycles. The largest absolute Gasteiger partial charge is 0.337 e. The maximum Gasteiger partial charge on any atom is 0.215 e. The van der Waals surface area contributed by atoms with Gasteiger partial charge in [-0.25, -0.2) is 18.1 Å². The minimum atomic E-state index is -3.36. The van der Waals surface area contributed by atoms with Crippen molar-refractivity contribution in [2.75, 3.05) is 6.54 Å². The van der Waals surface area contributed by atoms with Crippen LogP contribution in [-0.4, -0.2) is 24.5 Å². The first-order valence-electron chi connectivity index (χ1n) is 6.23. The van der Waals surface area contributed by atoms with E-state index in [1.54, 1.807) is 36.8 Å². The highest BCUT2D eigenvalue weighted by Crippen LogP contribution is 2.17. The molecule has 0 amide bonds. The maximum absolute atomic E-state index is 11.9. The lowest BCUT2D eigenvalue weighted by atomic mass is 10.2. The second-order valence-electron chi connectivity index (χ2n) is 4.40. The molecule has 0 fully saturated rings. The van der Waals surface area contributed by atoms with E-state index in [1.807, 2.05) is 10.8 Å². The smallest absolute Gasteiger partial charge is 0.215 e. The fourth-order valence-corrected chi connectivity index (χ4v) is 3.28. The third kappa shape index (κ3) is 4.63. The number of imidazole rings is 1. The van der Waals surface area contributed by atoms with Crippen LogP contribution in [0.15, 0.2) is 43.0 Å². The van der Waals surface area contributed by atoms with Crippen LogP contribution in [0.3, 0.4) is 0 Å². The van der Waals surface area contributed by atoms with Gasteiger partial charge in [0, 0.05) is 30.5 Å². The molecule has 7 heteroatoms. The molecule has 0 aliphatic rings. The molecule has 108 valence electrons. The van der Waals surface area contributed by atoms with Crippen LogP contribution in [-0.2, 0) is 22.3 Å². The Kier molecular flexibility index (Phi) is 5.17. The van der Waals surface area contributed by atoms with Gasteiger partial charge in [-0.2, -0.15) is 0 Å². The standard InChI is InChI=1S/C13H16ClN3O2S/c14-13-5-2-1-4-12(13)10-20(18,19)16-6-3-8-17-9-7-15-11-17/h1-2,4-5,7,9,11,16H,3,6,8,10H2. The SMILES string of the molecule is O=S(=O)(Cc1ccccc1Cl)NCCCn1ccnc1. The predicted octanol–water partition coefficient (Wildman–Crippen LogP) is 2.05. The lowest BCUT2D eigenvalue weighted by molar-refractivity contribution is 0.569. The highest BCUT2D eigenvalue weighted by Gasteiger charge is 2.12. The zero-order valence-electron chi connectivity index (χ0n) is 10.9. The number of sulfonamides is 1. The van der Waals surface area contributed by atoms with Crippen molar-refractivity contribution in [3.8, 4) is 0 Å². The van der Waals surface area contributed by atoms with Crippen molar-refractivity contribution in [3.05, 3.63) is 53.6 Å². The molecule has 0 aliphatic heterocycles. The normalized spacial score (nSPS) is 11.7. The van der Waals surface area contributed by atoms with E-state index in [0.29, 0.717) is 23.6 Å². The Hall–Kier alpha value is -1.37. The van der Waals surface area contributed by atoms with Gasteiger partial charge < -0.3 is 4.57 Å². The van der Waals surface area contributed by atoms with Gasteiger partial charge in [0.15, 0.2) is 0 Å². The van der Waals surface area contributed by atoms with Gasteiger partial charge in [0.05, 0.1) is 12.1 Å². The van der Waals surface area contributed by atoms with Gasteiger partial charge in [0.2, 0.25) is 10.0 Å². The number of rotatable bonds is 7. The summed E-state index contributed by atoms with van der Waals surface area (Å²) < 4.78 is 28.3. The summed E-state index contributed by atoms with van der Waals surface area (Å²) in [5.74, 6) is -0.0995.